The van der Waals surface area contributed by atoms with Gasteiger partial charge in [-0.05, 0) is 75.0 Å². The average Bonchev–Trinajstić information content (AvgIpc) is 3.63. The van der Waals surface area contributed by atoms with Crippen molar-refractivity contribution in [1.29, 1.82) is 0 Å². The Morgan fingerprint density at radius 3 is 2.27 bits per heavy atom. The standard InChI is InChI=1S/C39H48N6O6/c1-39(2)38(50)43-31(23-27-11-4-3-5-12-27)36(48)40-19-10-22-51-33-14-7-6-13-30(33)35(47)42-32(24-34(46)44-39)37(49)41-25-28-15-17-29(18-16-28)26-45-20-8-9-21-45/h3-7,11-18,31-32H,8-10,19-26H2,1-2H3,(H,40,48)(H,41,49)(H,42,47)(H,43,50)(H,44,46)/t31-,32-/m0/s1. The molecule has 3 aromatic carbocycles. The van der Waals surface area contributed by atoms with E-state index in [9.17, 15) is 24.0 Å². The third kappa shape index (κ3) is 10.9. The van der Waals surface area contributed by atoms with Gasteiger partial charge >= 0.3 is 0 Å². The Morgan fingerprint density at radius 2 is 1.53 bits per heavy atom. The fourth-order valence-corrected chi connectivity index (χ4v) is 6.13. The number of likely N-dealkylation sites (tertiary alicyclic amines) is 1. The molecule has 0 aliphatic carbocycles. The van der Waals surface area contributed by atoms with Crippen LogP contribution in [0.4, 0.5) is 0 Å². The van der Waals surface area contributed by atoms with Crippen LogP contribution in [0.25, 0.3) is 0 Å². The summed E-state index contributed by atoms with van der Waals surface area (Å²) >= 11 is 0. The SMILES string of the molecule is CC1(C)NC(=O)C[C@@H](C(=O)NCc2ccc(CN3CCCC3)cc2)NC(=O)c2ccccc2OCCCNC(=O)[C@H](Cc2ccccc2)NC1=O. The maximum absolute atomic E-state index is 13.6. The Morgan fingerprint density at radius 1 is 0.843 bits per heavy atom. The molecule has 0 saturated carbocycles. The van der Waals surface area contributed by atoms with Crippen LogP contribution in [0.5, 0.6) is 5.75 Å². The minimum Gasteiger partial charge on any atom is -0.493 e. The van der Waals surface area contributed by atoms with E-state index in [2.05, 4.69) is 31.5 Å². The molecule has 1 fully saturated rings. The molecule has 2 aliphatic rings. The second-order valence-electron chi connectivity index (χ2n) is 13.6. The van der Waals surface area contributed by atoms with Crippen LogP contribution in [0.3, 0.4) is 0 Å². The lowest BCUT2D eigenvalue weighted by molar-refractivity contribution is -0.135. The second kappa shape index (κ2) is 17.6. The molecule has 0 radical (unpaired) electrons. The largest absolute Gasteiger partial charge is 0.493 e. The van der Waals surface area contributed by atoms with Gasteiger partial charge in [-0.3, -0.25) is 28.9 Å². The Labute approximate surface area is 299 Å². The van der Waals surface area contributed by atoms with Crippen LogP contribution in [-0.4, -0.2) is 78.3 Å². The minimum atomic E-state index is -1.46. The number of amides is 5. The number of ether oxygens (including phenoxy) is 1. The monoisotopic (exact) mass is 696 g/mol. The van der Waals surface area contributed by atoms with E-state index in [0.717, 1.165) is 30.8 Å². The van der Waals surface area contributed by atoms with E-state index < -0.39 is 47.7 Å². The van der Waals surface area contributed by atoms with E-state index in [1.54, 1.807) is 24.3 Å². The van der Waals surface area contributed by atoms with Crippen LogP contribution >= 0.6 is 0 Å². The molecule has 0 aromatic heterocycles. The van der Waals surface area contributed by atoms with Crippen LogP contribution in [-0.2, 0) is 38.7 Å². The summed E-state index contributed by atoms with van der Waals surface area (Å²) in [6.45, 7) is 6.76. The first-order chi connectivity index (χ1) is 24.6. The quantitative estimate of drug-likeness (QED) is 0.254. The van der Waals surface area contributed by atoms with Crippen molar-refractivity contribution in [3.63, 3.8) is 0 Å². The molecule has 270 valence electrons. The molecular weight excluding hydrogens is 648 g/mol. The van der Waals surface area contributed by atoms with E-state index in [1.165, 1.54) is 32.3 Å². The fourth-order valence-electron chi connectivity index (χ4n) is 6.13. The highest BCUT2D eigenvalue weighted by Gasteiger charge is 2.35. The molecule has 1 saturated heterocycles. The normalized spacial score (nSPS) is 20.7. The molecule has 12 heteroatoms. The smallest absolute Gasteiger partial charge is 0.255 e. The van der Waals surface area contributed by atoms with Crippen molar-refractivity contribution in [2.24, 2.45) is 0 Å². The number of hydrogen-bond acceptors (Lipinski definition) is 7. The number of carbonyl (C=O) groups is 5. The summed E-state index contributed by atoms with van der Waals surface area (Å²) in [4.78, 5) is 69.9. The van der Waals surface area contributed by atoms with E-state index >= 15 is 0 Å². The van der Waals surface area contributed by atoms with Gasteiger partial charge in [0.05, 0.1) is 18.6 Å². The second-order valence-corrected chi connectivity index (χ2v) is 13.6. The maximum atomic E-state index is 13.6. The van der Waals surface area contributed by atoms with Crippen molar-refractivity contribution in [2.75, 3.05) is 26.2 Å². The van der Waals surface area contributed by atoms with Gasteiger partial charge in [0.25, 0.3) is 5.91 Å². The van der Waals surface area contributed by atoms with E-state index in [0.29, 0.717) is 12.2 Å². The van der Waals surface area contributed by atoms with Gasteiger partial charge in [-0.2, -0.15) is 0 Å². The van der Waals surface area contributed by atoms with Crippen LogP contribution < -0.4 is 31.3 Å². The Balaban J connectivity index is 1.32. The van der Waals surface area contributed by atoms with Gasteiger partial charge < -0.3 is 31.3 Å². The first-order valence-electron chi connectivity index (χ1n) is 17.6. The van der Waals surface area contributed by atoms with Gasteiger partial charge in [-0.1, -0.05) is 66.7 Å². The summed E-state index contributed by atoms with van der Waals surface area (Å²) in [5.74, 6) is -2.46. The van der Waals surface area contributed by atoms with Gasteiger partial charge in [0, 0.05) is 26.1 Å². The summed E-state index contributed by atoms with van der Waals surface area (Å²) < 4.78 is 5.91. The van der Waals surface area contributed by atoms with Crippen molar-refractivity contribution in [2.45, 2.75) is 76.7 Å². The van der Waals surface area contributed by atoms with Gasteiger partial charge in [0.15, 0.2) is 0 Å². The highest BCUT2D eigenvalue weighted by molar-refractivity contribution is 6.01. The lowest BCUT2D eigenvalue weighted by Gasteiger charge is -2.29. The Bertz CT molecular complexity index is 1670. The molecule has 2 aliphatic heterocycles. The van der Waals surface area contributed by atoms with Gasteiger partial charge in [0.2, 0.25) is 23.6 Å². The van der Waals surface area contributed by atoms with Crippen LogP contribution in [0.1, 0.15) is 66.6 Å². The lowest BCUT2D eigenvalue weighted by Crippen LogP contribution is -2.60. The van der Waals surface area contributed by atoms with Crippen molar-refractivity contribution < 1.29 is 28.7 Å². The van der Waals surface area contributed by atoms with Gasteiger partial charge in [-0.25, -0.2) is 0 Å². The highest BCUT2D eigenvalue weighted by atomic mass is 16.5. The van der Waals surface area contributed by atoms with Crippen molar-refractivity contribution >= 4 is 29.5 Å². The van der Waals surface area contributed by atoms with E-state index in [4.69, 9.17) is 4.74 Å². The summed E-state index contributed by atoms with van der Waals surface area (Å²) in [7, 11) is 0. The van der Waals surface area contributed by atoms with Crippen LogP contribution in [0.2, 0.25) is 0 Å². The van der Waals surface area contributed by atoms with Crippen molar-refractivity contribution in [1.82, 2.24) is 31.5 Å². The first-order valence-corrected chi connectivity index (χ1v) is 17.6. The topological polar surface area (TPSA) is 158 Å². The Kier molecular flexibility index (Phi) is 12.8. The fraction of sp³-hybridized carbons (Fsp3) is 0.410. The summed E-state index contributed by atoms with van der Waals surface area (Å²) in [6.07, 6.45) is 2.66. The van der Waals surface area contributed by atoms with E-state index in [1.807, 2.05) is 54.6 Å². The number of fused-ring (bicyclic) bond motifs is 1. The zero-order valence-corrected chi connectivity index (χ0v) is 29.3. The molecule has 5 N–H and O–H groups in total. The zero-order valence-electron chi connectivity index (χ0n) is 29.3. The summed E-state index contributed by atoms with van der Waals surface area (Å²) in [6, 6.07) is 21.8. The van der Waals surface area contributed by atoms with Crippen LogP contribution in [0.15, 0.2) is 78.9 Å². The molecule has 12 nitrogen and oxygen atoms in total. The first kappa shape index (κ1) is 37.0. The highest BCUT2D eigenvalue weighted by Crippen LogP contribution is 2.19. The van der Waals surface area contributed by atoms with Crippen molar-refractivity contribution in [3.8, 4) is 5.75 Å². The number of benzene rings is 3. The zero-order chi connectivity index (χ0) is 36.2. The molecule has 3 aromatic rings. The van der Waals surface area contributed by atoms with Crippen LogP contribution in [0, 0.1) is 0 Å². The molecule has 0 spiro atoms. The number of carbonyl (C=O) groups excluding carboxylic acids is 5. The number of hydrogen-bond donors (Lipinski definition) is 5. The van der Waals surface area contributed by atoms with Crippen molar-refractivity contribution in [3.05, 3.63) is 101 Å². The number of para-hydroxylation sites is 1. The van der Waals surface area contributed by atoms with E-state index in [-0.39, 0.29) is 37.6 Å². The minimum absolute atomic E-state index is 0.190. The third-order valence-corrected chi connectivity index (χ3v) is 9.04. The summed E-state index contributed by atoms with van der Waals surface area (Å²) in [5, 5.41) is 13.9. The molecular formula is C39H48N6O6. The predicted octanol–water partition coefficient (Wildman–Crippen LogP) is 2.61. The third-order valence-electron chi connectivity index (χ3n) is 9.04. The molecule has 0 bridgehead atoms. The molecule has 0 unspecified atom stereocenters. The van der Waals surface area contributed by atoms with Gasteiger partial charge in [-0.15, -0.1) is 0 Å². The average molecular weight is 697 g/mol. The molecule has 5 amide bonds. The molecule has 2 heterocycles. The molecule has 2 atom stereocenters. The number of nitrogens with zero attached hydrogens (tertiary/aromatic N) is 1. The maximum Gasteiger partial charge on any atom is 0.255 e. The molecule has 51 heavy (non-hydrogen) atoms. The predicted molar refractivity (Wildman–Crippen MR) is 193 cm³/mol. The number of nitrogens with one attached hydrogen (secondary N) is 5. The Hall–Kier alpha value is -5.23. The molecule has 5 rings (SSSR count). The summed E-state index contributed by atoms with van der Waals surface area (Å²) in [5.41, 5.74) is 1.65. The van der Waals surface area contributed by atoms with Gasteiger partial charge in [0.1, 0.15) is 23.4 Å². The lowest BCUT2D eigenvalue weighted by atomic mass is 10.00. The number of rotatable bonds is 7.